The lowest BCUT2D eigenvalue weighted by molar-refractivity contribution is -0.131. The number of carbonyl (C=O) groups excluding carboxylic acids is 1. The highest BCUT2D eigenvalue weighted by Crippen LogP contribution is 2.19. The van der Waals surface area contributed by atoms with Gasteiger partial charge in [-0.3, -0.25) is 14.7 Å². The summed E-state index contributed by atoms with van der Waals surface area (Å²) in [6.45, 7) is 10.5. The van der Waals surface area contributed by atoms with Crippen LogP contribution in [0.5, 0.6) is 0 Å². The van der Waals surface area contributed by atoms with Crippen molar-refractivity contribution >= 4 is 35.8 Å². The molecule has 0 bridgehead atoms. The van der Waals surface area contributed by atoms with Gasteiger partial charge in [0.25, 0.3) is 0 Å². The largest absolute Gasteiger partial charge is 0.376 e. The molecule has 1 amide bonds. The average molecular weight is 536 g/mol. The van der Waals surface area contributed by atoms with Crippen molar-refractivity contribution in [1.82, 2.24) is 20.0 Å². The maximum absolute atomic E-state index is 12.4. The third-order valence-corrected chi connectivity index (χ3v) is 6.33. The van der Waals surface area contributed by atoms with Crippen LogP contribution in [-0.2, 0) is 9.53 Å². The van der Waals surface area contributed by atoms with E-state index in [1.807, 2.05) is 4.90 Å². The first-order valence-corrected chi connectivity index (χ1v) is 11.9. The topological polar surface area (TPSA) is 60.4 Å². The van der Waals surface area contributed by atoms with Gasteiger partial charge in [-0.2, -0.15) is 0 Å². The number of likely N-dealkylation sites (tertiary alicyclic amines) is 1. The number of ether oxygens (including phenoxy) is 1. The number of nitrogens with one attached hydrogen (secondary N) is 1. The predicted octanol–water partition coefficient (Wildman–Crippen LogP) is 2.55. The van der Waals surface area contributed by atoms with E-state index in [0.29, 0.717) is 31.7 Å². The number of amides is 1. The van der Waals surface area contributed by atoms with Crippen molar-refractivity contribution < 1.29 is 9.53 Å². The van der Waals surface area contributed by atoms with Gasteiger partial charge in [-0.25, -0.2) is 0 Å². The van der Waals surface area contributed by atoms with E-state index in [1.54, 1.807) is 0 Å². The van der Waals surface area contributed by atoms with Gasteiger partial charge in [0.2, 0.25) is 5.91 Å². The molecular formula is C22H42IN5O2. The number of guanidine groups is 1. The second-order valence-electron chi connectivity index (χ2n) is 8.57. The first-order chi connectivity index (χ1) is 14.3. The van der Waals surface area contributed by atoms with E-state index in [-0.39, 0.29) is 24.0 Å². The zero-order chi connectivity index (χ0) is 20.3. The minimum absolute atomic E-state index is 0. The molecule has 3 rings (SSSR count). The van der Waals surface area contributed by atoms with Crippen LogP contribution in [0.2, 0.25) is 0 Å². The number of carbonyl (C=O) groups is 1. The average Bonchev–Trinajstić information content (AvgIpc) is 3.16. The molecule has 3 aliphatic rings. The first kappa shape index (κ1) is 25.6. The molecule has 0 spiro atoms. The van der Waals surface area contributed by atoms with Gasteiger partial charge in [0.1, 0.15) is 0 Å². The summed E-state index contributed by atoms with van der Waals surface area (Å²) in [7, 11) is 0. The summed E-state index contributed by atoms with van der Waals surface area (Å²) in [6.07, 6.45) is 10.5. The third kappa shape index (κ3) is 8.49. The van der Waals surface area contributed by atoms with E-state index in [0.717, 1.165) is 64.6 Å². The lowest BCUT2D eigenvalue weighted by Gasteiger charge is -2.36. The minimum atomic E-state index is 0. The Bertz CT molecular complexity index is 512. The normalized spacial score (nSPS) is 22.0. The second kappa shape index (κ2) is 14.5. The molecule has 7 nitrogen and oxygen atoms in total. The van der Waals surface area contributed by atoms with Gasteiger partial charge < -0.3 is 19.9 Å². The van der Waals surface area contributed by atoms with E-state index in [1.165, 1.54) is 38.5 Å². The summed E-state index contributed by atoms with van der Waals surface area (Å²) in [5, 5.41) is 3.43. The molecule has 2 heterocycles. The quantitative estimate of drug-likeness (QED) is 0.179. The molecule has 0 aromatic heterocycles. The molecule has 1 aliphatic carbocycles. The maximum atomic E-state index is 12.4. The molecule has 0 unspecified atom stereocenters. The van der Waals surface area contributed by atoms with Gasteiger partial charge in [-0.15, -0.1) is 24.0 Å². The van der Waals surface area contributed by atoms with Crippen molar-refractivity contribution in [3.05, 3.63) is 0 Å². The van der Waals surface area contributed by atoms with Crippen LogP contribution in [0, 0.1) is 0 Å². The van der Waals surface area contributed by atoms with Gasteiger partial charge in [-0.05, 0) is 32.6 Å². The highest BCUT2D eigenvalue weighted by molar-refractivity contribution is 14.0. The Labute approximate surface area is 200 Å². The minimum Gasteiger partial charge on any atom is -0.376 e. The molecule has 0 radical (unpaired) electrons. The number of aliphatic imine (C=N–C) groups is 1. The Balaban J connectivity index is 0.00000320. The summed E-state index contributed by atoms with van der Waals surface area (Å²) in [6, 6.07) is 0. The van der Waals surface area contributed by atoms with Crippen molar-refractivity contribution in [2.24, 2.45) is 4.99 Å². The van der Waals surface area contributed by atoms with Crippen molar-refractivity contribution in [2.75, 3.05) is 65.5 Å². The SMILES string of the molecule is CCNC(=NCCOC1CCCCCC1)N1CCN(CC(=O)N2CCCC2)CC1.I. The van der Waals surface area contributed by atoms with Crippen molar-refractivity contribution in [2.45, 2.75) is 64.4 Å². The molecule has 2 aliphatic heterocycles. The van der Waals surface area contributed by atoms with Crippen LogP contribution in [0.1, 0.15) is 58.3 Å². The molecule has 0 aromatic carbocycles. The molecule has 1 saturated carbocycles. The van der Waals surface area contributed by atoms with E-state index < -0.39 is 0 Å². The summed E-state index contributed by atoms with van der Waals surface area (Å²) < 4.78 is 6.08. The number of piperazine rings is 1. The molecule has 174 valence electrons. The third-order valence-electron chi connectivity index (χ3n) is 6.33. The Morgan fingerprint density at radius 2 is 1.60 bits per heavy atom. The molecule has 0 aromatic rings. The monoisotopic (exact) mass is 535 g/mol. The summed E-state index contributed by atoms with van der Waals surface area (Å²) >= 11 is 0. The van der Waals surface area contributed by atoms with E-state index in [2.05, 4.69) is 22.0 Å². The lowest BCUT2D eigenvalue weighted by Crippen LogP contribution is -2.54. The Morgan fingerprint density at radius 1 is 0.933 bits per heavy atom. The second-order valence-corrected chi connectivity index (χ2v) is 8.57. The van der Waals surface area contributed by atoms with E-state index >= 15 is 0 Å². The zero-order valence-corrected chi connectivity index (χ0v) is 21.1. The van der Waals surface area contributed by atoms with Crippen LogP contribution in [0.15, 0.2) is 4.99 Å². The van der Waals surface area contributed by atoms with Crippen LogP contribution >= 0.6 is 24.0 Å². The van der Waals surface area contributed by atoms with E-state index in [4.69, 9.17) is 9.73 Å². The van der Waals surface area contributed by atoms with Gasteiger partial charge in [0.15, 0.2) is 5.96 Å². The molecule has 2 saturated heterocycles. The summed E-state index contributed by atoms with van der Waals surface area (Å²) in [4.78, 5) is 23.8. The smallest absolute Gasteiger partial charge is 0.236 e. The zero-order valence-electron chi connectivity index (χ0n) is 18.8. The molecular weight excluding hydrogens is 493 g/mol. The first-order valence-electron chi connectivity index (χ1n) is 11.9. The number of hydrogen-bond acceptors (Lipinski definition) is 4. The summed E-state index contributed by atoms with van der Waals surface area (Å²) in [5.41, 5.74) is 0. The number of rotatable bonds is 7. The van der Waals surface area contributed by atoms with Gasteiger partial charge >= 0.3 is 0 Å². The van der Waals surface area contributed by atoms with E-state index in [9.17, 15) is 4.79 Å². The van der Waals surface area contributed by atoms with Crippen LogP contribution in [0.25, 0.3) is 0 Å². The molecule has 8 heteroatoms. The van der Waals surface area contributed by atoms with Crippen molar-refractivity contribution in [3.8, 4) is 0 Å². The van der Waals surface area contributed by atoms with Gasteiger partial charge in [0, 0.05) is 45.8 Å². The van der Waals surface area contributed by atoms with Crippen LogP contribution in [0.4, 0.5) is 0 Å². The van der Waals surface area contributed by atoms with Crippen LogP contribution < -0.4 is 5.32 Å². The fraction of sp³-hybridized carbons (Fsp3) is 0.909. The van der Waals surface area contributed by atoms with Crippen molar-refractivity contribution in [1.29, 1.82) is 0 Å². The maximum Gasteiger partial charge on any atom is 0.236 e. The van der Waals surface area contributed by atoms with Crippen LogP contribution in [-0.4, -0.2) is 98.2 Å². The molecule has 1 N–H and O–H groups in total. The molecule has 0 atom stereocenters. The predicted molar refractivity (Wildman–Crippen MR) is 133 cm³/mol. The number of nitrogens with zero attached hydrogens (tertiary/aromatic N) is 4. The van der Waals surface area contributed by atoms with Crippen LogP contribution in [0.3, 0.4) is 0 Å². The lowest BCUT2D eigenvalue weighted by atomic mass is 10.1. The highest BCUT2D eigenvalue weighted by Gasteiger charge is 2.24. The Hall–Kier alpha value is -0.610. The molecule has 3 fully saturated rings. The summed E-state index contributed by atoms with van der Waals surface area (Å²) in [5.74, 6) is 1.29. The standard InChI is InChI=1S/C22H41N5O2.HI/c1-2-23-22(24-11-18-29-20-9-5-3-4-6-10-20)27-16-14-25(15-17-27)19-21(28)26-12-7-8-13-26;/h20H,2-19H2,1H3,(H,23,24);1H. The van der Waals surface area contributed by atoms with Crippen molar-refractivity contribution in [3.63, 3.8) is 0 Å². The Kier molecular flexibility index (Phi) is 12.4. The molecule has 30 heavy (non-hydrogen) atoms. The Morgan fingerprint density at radius 3 is 2.23 bits per heavy atom. The number of hydrogen-bond donors (Lipinski definition) is 1. The highest BCUT2D eigenvalue weighted by atomic mass is 127. The fourth-order valence-corrected chi connectivity index (χ4v) is 4.58. The van der Waals surface area contributed by atoms with Gasteiger partial charge in [-0.1, -0.05) is 25.7 Å². The van der Waals surface area contributed by atoms with Gasteiger partial charge in [0.05, 0.1) is 25.8 Å². The fourth-order valence-electron chi connectivity index (χ4n) is 4.58. The number of halogens is 1.